The Hall–Kier alpha value is -2.42. The number of carbonyl (C=O) groups is 1. The van der Waals surface area contributed by atoms with Crippen molar-refractivity contribution >= 4 is 11.9 Å². The minimum absolute atomic E-state index is 0.0191. The van der Waals surface area contributed by atoms with Gasteiger partial charge in [0.25, 0.3) is 0 Å². The average molecular weight is 234 g/mol. The molecule has 2 aromatic rings. The van der Waals surface area contributed by atoms with Crippen molar-refractivity contribution in [2.45, 2.75) is 13.1 Å². The molecule has 0 aliphatic rings. The van der Waals surface area contributed by atoms with Gasteiger partial charge in [-0.25, -0.2) is 9.67 Å². The molecule has 0 radical (unpaired) electrons. The van der Waals surface area contributed by atoms with Gasteiger partial charge >= 0.3 is 0 Å². The van der Waals surface area contributed by atoms with Gasteiger partial charge in [0.1, 0.15) is 6.54 Å². The van der Waals surface area contributed by atoms with Gasteiger partial charge in [0.2, 0.25) is 11.9 Å². The van der Waals surface area contributed by atoms with E-state index >= 15 is 0 Å². The number of nitrogens with two attached hydrogens (primary N) is 1. The van der Waals surface area contributed by atoms with Crippen molar-refractivity contribution in [3.05, 3.63) is 24.3 Å². The van der Waals surface area contributed by atoms with Crippen molar-refractivity contribution in [3.8, 4) is 0 Å². The third-order valence-corrected chi connectivity index (χ3v) is 1.83. The summed E-state index contributed by atoms with van der Waals surface area (Å²) in [5.74, 6) is -0.164. The lowest BCUT2D eigenvalue weighted by molar-refractivity contribution is -0.117. The van der Waals surface area contributed by atoms with Gasteiger partial charge in [-0.1, -0.05) is 5.21 Å². The number of hydrogen-bond donors (Lipinski definition) is 2. The van der Waals surface area contributed by atoms with Crippen molar-refractivity contribution in [2.75, 3.05) is 5.32 Å². The molecular formula is C8H10N8O. The lowest BCUT2D eigenvalue weighted by atomic mass is 10.5. The topological polar surface area (TPSA) is 124 Å². The maximum atomic E-state index is 11.5. The summed E-state index contributed by atoms with van der Waals surface area (Å²) in [5.41, 5.74) is 5.99. The summed E-state index contributed by atoms with van der Waals surface area (Å²) >= 11 is 0. The standard InChI is InChI=1S/C8H10N8O/c9-3-6-4-16(15-13-6)5-7(17)12-8-10-1-2-11-14-8/h1-2,4H,3,5,9H2,(H,10,12,14,17). The molecule has 9 nitrogen and oxygen atoms in total. The monoisotopic (exact) mass is 234 g/mol. The van der Waals surface area contributed by atoms with Gasteiger partial charge in [-0.15, -0.1) is 10.2 Å². The second-order valence-corrected chi connectivity index (χ2v) is 3.13. The van der Waals surface area contributed by atoms with E-state index in [4.69, 9.17) is 5.73 Å². The highest BCUT2D eigenvalue weighted by atomic mass is 16.2. The van der Waals surface area contributed by atoms with Crippen LogP contribution in [-0.4, -0.2) is 36.1 Å². The van der Waals surface area contributed by atoms with Gasteiger partial charge in [0.05, 0.1) is 24.3 Å². The predicted molar refractivity (Wildman–Crippen MR) is 56.4 cm³/mol. The molecule has 3 N–H and O–H groups in total. The summed E-state index contributed by atoms with van der Waals surface area (Å²) in [6, 6.07) is 0. The molecule has 0 spiro atoms. The molecule has 17 heavy (non-hydrogen) atoms. The van der Waals surface area contributed by atoms with Crippen LogP contribution in [0.4, 0.5) is 5.95 Å². The van der Waals surface area contributed by atoms with E-state index in [0.717, 1.165) is 0 Å². The first-order chi connectivity index (χ1) is 8.28. The van der Waals surface area contributed by atoms with Gasteiger partial charge in [-0.2, -0.15) is 5.10 Å². The van der Waals surface area contributed by atoms with Crippen LogP contribution in [-0.2, 0) is 17.9 Å². The number of nitrogens with one attached hydrogen (secondary N) is 1. The molecule has 0 atom stereocenters. The molecule has 9 heteroatoms. The van der Waals surface area contributed by atoms with E-state index in [-0.39, 0.29) is 24.9 Å². The number of nitrogens with zero attached hydrogens (tertiary/aromatic N) is 6. The molecular weight excluding hydrogens is 224 g/mol. The summed E-state index contributed by atoms with van der Waals surface area (Å²) in [6.07, 6.45) is 4.45. The number of amides is 1. The number of carbonyl (C=O) groups excluding carboxylic acids is 1. The van der Waals surface area contributed by atoms with Crippen LogP contribution in [0, 0.1) is 0 Å². The van der Waals surface area contributed by atoms with E-state index in [1.165, 1.54) is 17.1 Å². The van der Waals surface area contributed by atoms with E-state index in [1.807, 2.05) is 0 Å². The Balaban J connectivity index is 1.93. The van der Waals surface area contributed by atoms with Crippen LogP contribution < -0.4 is 11.1 Å². The van der Waals surface area contributed by atoms with Crippen molar-refractivity contribution in [3.63, 3.8) is 0 Å². The molecule has 0 aliphatic heterocycles. The summed E-state index contributed by atoms with van der Waals surface area (Å²) in [7, 11) is 0. The molecule has 0 aliphatic carbocycles. The van der Waals surface area contributed by atoms with Gasteiger partial charge in [-0.3, -0.25) is 10.1 Å². The van der Waals surface area contributed by atoms with Crippen LogP contribution in [0.2, 0.25) is 0 Å². The SMILES string of the molecule is NCc1cn(CC(=O)Nc2nccnn2)nn1. The molecule has 0 unspecified atom stereocenters. The zero-order valence-corrected chi connectivity index (χ0v) is 8.82. The summed E-state index contributed by atoms with van der Waals surface area (Å²) < 4.78 is 1.38. The van der Waals surface area contributed by atoms with Crippen LogP contribution in [0.15, 0.2) is 18.6 Å². The lowest BCUT2D eigenvalue weighted by Crippen LogP contribution is -2.20. The van der Waals surface area contributed by atoms with Crippen LogP contribution in [0.25, 0.3) is 0 Å². The Morgan fingerprint density at radius 1 is 1.41 bits per heavy atom. The molecule has 0 fully saturated rings. The lowest BCUT2D eigenvalue weighted by Gasteiger charge is -2.01. The Bertz CT molecular complexity index is 495. The molecule has 2 rings (SSSR count). The van der Waals surface area contributed by atoms with Crippen LogP contribution in [0.3, 0.4) is 0 Å². The normalized spacial score (nSPS) is 10.2. The summed E-state index contributed by atoms with van der Waals surface area (Å²) in [6.45, 7) is 0.304. The van der Waals surface area contributed by atoms with Crippen molar-refractivity contribution in [2.24, 2.45) is 5.73 Å². The van der Waals surface area contributed by atoms with E-state index in [9.17, 15) is 4.79 Å². The molecule has 88 valence electrons. The van der Waals surface area contributed by atoms with E-state index in [1.54, 1.807) is 6.20 Å². The summed E-state index contributed by atoms with van der Waals surface area (Å²) in [5, 5.41) is 17.2. The van der Waals surface area contributed by atoms with Crippen LogP contribution in [0.1, 0.15) is 5.69 Å². The molecule has 0 saturated heterocycles. The third-order valence-electron chi connectivity index (χ3n) is 1.83. The minimum atomic E-state index is -0.313. The van der Waals surface area contributed by atoms with Gasteiger partial charge < -0.3 is 5.73 Å². The predicted octanol–water partition coefficient (Wildman–Crippen LogP) is -1.44. The second-order valence-electron chi connectivity index (χ2n) is 3.13. The smallest absolute Gasteiger partial charge is 0.249 e. The molecule has 0 saturated carbocycles. The highest BCUT2D eigenvalue weighted by Gasteiger charge is 2.07. The Morgan fingerprint density at radius 2 is 2.29 bits per heavy atom. The van der Waals surface area contributed by atoms with Crippen molar-refractivity contribution in [1.82, 2.24) is 30.2 Å². The fourth-order valence-electron chi connectivity index (χ4n) is 1.13. The van der Waals surface area contributed by atoms with Gasteiger partial charge in [0.15, 0.2) is 0 Å². The Labute approximate surface area is 96.1 Å². The first-order valence-electron chi connectivity index (χ1n) is 4.80. The second kappa shape index (κ2) is 5.07. The highest BCUT2D eigenvalue weighted by Crippen LogP contribution is 1.95. The number of aromatic nitrogens is 6. The largest absolute Gasteiger partial charge is 0.325 e. The molecule has 0 bridgehead atoms. The van der Waals surface area contributed by atoms with E-state index < -0.39 is 0 Å². The average Bonchev–Trinajstić information content (AvgIpc) is 2.78. The fraction of sp³-hybridized carbons (Fsp3) is 0.250. The van der Waals surface area contributed by atoms with Crippen molar-refractivity contribution in [1.29, 1.82) is 0 Å². The number of anilines is 1. The number of rotatable bonds is 4. The van der Waals surface area contributed by atoms with Gasteiger partial charge in [0, 0.05) is 6.54 Å². The molecule has 2 aromatic heterocycles. The zero-order chi connectivity index (χ0) is 12.1. The number of hydrogen-bond acceptors (Lipinski definition) is 7. The minimum Gasteiger partial charge on any atom is -0.325 e. The highest BCUT2D eigenvalue weighted by molar-refractivity contribution is 5.88. The Kier molecular flexibility index (Phi) is 3.31. The van der Waals surface area contributed by atoms with E-state index in [0.29, 0.717) is 5.69 Å². The molecule has 0 aromatic carbocycles. The molecule has 2 heterocycles. The Morgan fingerprint density at radius 3 is 2.94 bits per heavy atom. The third kappa shape index (κ3) is 3.01. The maximum absolute atomic E-state index is 11.5. The fourth-order valence-corrected chi connectivity index (χ4v) is 1.13. The van der Waals surface area contributed by atoms with Crippen LogP contribution >= 0.6 is 0 Å². The summed E-state index contributed by atoms with van der Waals surface area (Å²) in [4.78, 5) is 15.4. The zero-order valence-electron chi connectivity index (χ0n) is 8.82. The first kappa shape index (κ1) is 11.1. The maximum Gasteiger partial charge on any atom is 0.249 e. The van der Waals surface area contributed by atoms with Crippen LogP contribution in [0.5, 0.6) is 0 Å². The molecule has 1 amide bonds. The van der Waals surface area contributed by atoms with E-state index in [2.05, 4.69) is 30.8 Å². The van der Waals surface area contributed by atoms with Crippen molar-refractivity contribution < 1.29 is 4.79 Å². The van der Waals surface area contributed by atoms with Gasteiger partial charge in [-0.05, 0) is 0 Å². The first-order valence-corrected chi connectivity index (χ1v) is 4.80. The quantitative estimate of drug-likeness (QED) is 0.663.